The highest BCUT2D eigenvalue weighted by molar-refractivity contribution is 5.70. The molecule has 4 nitrogen and oxygen atoms in total. The van der Waals surface area contributed by atoms with Crippen molar-refractivity contribution in [2.24, 2.45) is 0 Å². The Morgan fingerprint density at radius 3 is 2.29 bits per heavy atom. The van der Waals surface area contributed by atoms with Gasteiger partial charge in [-0.25, -0.2) is 0 Å². The van der Waals surface area contributed by atoms with Crippen LogP contribution >= 0.6 is 0 Å². The van der Waals surface area contributed by atoms with Crippen LogP contribution in [-0.2, 0) is 19.0 Å². The lowest BCUT2D eigenvalue weighted by molar-refractivity contribution is -0.159. The third kappa shape index (κ3) is 2.45. The molecule has 82 valence electrons. The summed E-state index contributed by atoms with van der Waals surface area (Å²) in [7, 11) is 1.37. The van der Waals surface area contributed by atoms with Crippen molar-refractivity contribution >= 4 is 5.97 Å². The zero-order valence-corrected chi connectivity index (χ0v) is 9.42. The summed E-state index contributed by atoms with van der Waals surface area (Å²) in [5, 5.41) is 0. The van der Waals surface area contributed by atoms with Crippen molar-refractivity contribution in [3.63, 3.8) is 0 Å². The lowest BCUT2D eigenvalue weighted by atomic mass is 9.99. The molecule has 0 amide bonds. The van der Waals surface area contributed by atoms with Crippen LogP contribution in [0.2, 0.25) is 0 Å². The van der Waals surface area contributed by atoms with E-state index in [4.69, 9.17) is 9.47 Å². The number of hydrogen-bond donors (Lipinski definition) is 0. The molecule has 1 fully saturated rings. The number of rotatable bonds is 2. The number of hydrogen-bond acceptors (Lipinski definition) is 4. The first-order valence-corrected chi connectivity index (χ1v) is 4.72. The van der Waals surface area contributed by atoms with Crippen molar-refractivity contribution in [3.8, 4) is 0 Å². The first-order chi connectivity index (χ1) is 6.27. The standard InChI is InChI=1S/C10H18O4/c1-9(2)7(6-8(11)12-5)13-10(3,4)14-9/h7H,6H2,1-5H3/t7-/m1/s1. The van der Waals surface area contributed by atoms with Gasteiger partial charge in [0.15, 0.2) is 5.79 Å². The molecule has 0 aromatic rings. The summed E-state index contributed by atoms with van der Waals surface area (Å²) in [6, 6.07) is 0. The summed E-state index contributed by atoms with van der Waals surface area (Å²) < 4.78 is 15.9. The number of methoxy groups -OCH3 is 1. The fourth-order valence-electron chi connectivity index (χ4n) is 1.73. The zero-order chi connectivity index (χ0) is 11.0. The van der Waals surface area contributed by atoms with Gasteiger partial charge in [-0.05, 0) is 27.7 Å². The summed E-state index contributed by atoms with van der Waals surface area (Å²) in [6.45, 7) is 7.50. The fourth-order valence-corrected chi connectivity index (χ4v) is 1.73. The lowest BCUT2D eigenvalue weighted by Crippen LogP contribution is -2.35. The summed E-state index contributed by atoms with van der Waals surface area (Å²) in [6.07, 6.45) is -0.0163. The smallest absolute Gasteiger partial charge is 0.308 e. The molecule has 0 spiro atoms. The second-order valence-corrected chi connectivity index (χ2v) is 4.49. The van der Waals surface area contributed by atoms with Crippen molar-refractivity contribution in [1.29, 1.82) is 0 Å². The normalized spacial score (nSPS) is 28.8. The van der Waals surface area contributed by atoms with Gasteiger partial charge in [0.25, 0.3) is 0 Å². The van der Waals surface area contributed by atoms with E-state index in [-0.39, 0.29) is 18.5 Å². The van der Waals surface area contributed by atoms with Crippen molar-refractivity contribution in [1.82, 2.24) is 0 Å². The summed E-state index contributed by atoms with van der Waals surface area (Å²) in [4.78, 5) is 11.1. The highest BCUT2D eigenvalue weighted by Gasteiger charge is 2.47. The molecule has 0 saturated carbocycles. The van der Waals surface area contributed by atoms with Gasteiger partial charge < -0.3 is 14.2 Å². The quantitative estimate of drug-likeness (QED) is 0.636. The fraction of sp³-hybridized carbons (Fsp3) is 0.900. The van der Waals surface area contributed by atoms with Gasteiger partial charge in [0, 0.05) is 0 Å². The van der Waals surface area contributed by atoms with Crippen LogP contribution in [0, 0.1) is 0 Å². The highest BCUT2D eigenvalue weighted by Crippen LogP contribution is 2.37. The monoisotopic (exact) mass is 202 g/mol. The molecule has 14 heavy (non-hydrogen) atoms. The van der Waals surface area contributed by atoms with Gasteiger partial charge in [-0.15, -0.1) is 0 Å². The van der Waals surface area contributed by atoms with Gasteiger partial charge in [-0.2, -0.15) is 0 Å². The Morgan fingerprint density at radius 2 is 1.93 bits per heavy atom. The minimum atomic E-state index is -0.623. The molecule has 0 aromatic heterocycles. The maximum atomic E-state index is 11.1. The van der Waals surface area contributed by atoms with Crippen LogP contribution in [0.1, 0.15) is 34.1 Å². The average Bonchev–Trinajstić information content (AvgIpc) is 2.19. The van der Waals surface area contributed by atoms with E-state index in [0.717, 1.165) is 0 Å². The largest absolute Gasteiger partial charge is 0.469 e. The molecule has 0 radical (unpaired) electrons. The third-order valence-electron chi connectivity index (χ3n) is 2.29. The molecule has 0 aliphatic carbocycles. The van der Waals surface area contributed by atoms with E-state index in [2.05, 4.69) is 4.74 Å². The minimum Gasteiger partial charge on any atom is -0.469 e. The van der Waals surface area contributed by atoms with Gasteiger partial charge in [-0.3, -0.25) is 4.79 Å². The third-order valence-corrected chi connectivity index (χ3v) is 2.29. The number of carbonyl (C=O) groups excluding carboxylic acids is 1. The Kier molecular flexibility index (Phi) is 2.88. The Balaban J connectivity index is 2.66. The molecule has 1 atom stereocenters. The molecule has 0 unspecified atom stereocenters. The van der Waals surface area contributed by atoms with E-state index >= 15 is 0 Å². The SMILES string of the molecule is COC(=O)C[C@H]1OC(C)(C)OC1(C)C. The summed E-state index contributed by atoms with van der Waals surface area (Å²) in [5.74, 6) is -0.897. The van der Waals surface area contributed by atoms with Gasteiger partial charge in [0.2, 0.25) is 0 Å². The van der Waals surface area contributed by atoms with Crippen LogP contribution in [0.4, 0.5) is 0 Å². The predicted molar refractivity (Wildman–Crippen MR) is 50.7 cm³/mol. The van der Waals surface area contributed by atoms with Crippen molar-refractivity contribution in [2.45, 2.75) is 51.6 Å². The topological polar surface area (TPSA) is 44.8 Å². The first kappa shape index (κ1) is 11.5. The van der Waals surface area contributed by atoms with Gasteiger partial charge in [0.05, 0.1) is 25.2 Å². The Labute approximate surface area is 84.5 Å². The van der Waals surface area contributed by atoms with E-state index in [0.29, 0.717) is 0 Å². The highest BCUT2D eigenvalue weighted by atomic mass is 16.8. The van der Waals surface area contributed by atoms with Crippen molar-refractivity contribution in [2.75, 3.05) is 7.11 Å². The maximum Gasteiger partial charge on any atom is 0.308 e. The van der Waals surface area contributed by atoms with Gasteiger partial charge in [0.1, 0.15) is 0 Å². The molecule has 1 saturated heterocycles. The molecule has 0 N–H and O–H groups in total. The van der Waals surface area contributed by atoms with E-state index < -0.39 is 11.4 Å². The van der Waals surface area contributed by atoms with E-state index in [1.165, 1.54) is 7.11 Å². The molecule has 0 aromatic carbocycles. The molecular weight excluding hydrogens is 184 g/mol. The van der Waals surface area contributed by atoms with E-state index in [9.17, 15) is 4.79 Å². The molecule has 1 aliphatic rings. The van der Waals surface area contributed by atoms with E-state index in [1.54, 1.807) is 0 Å². The average molecular weight is 202 g/mol. The maximum absolute atomic E-state index is 11.1. The minimum absolute atomic E-state index is 0.229. The lowest BCUT2D eigenvalue weighted by Gasteiger charge is -2.23. The Bertz CT molecular complexity index is 232. The van der Waals surface area contributed by atoms with Crippen LogP contribution in [0.15, 0.2) is 0 Å². The van der Waals surface area contributed by atoms with Gasteiger partial charge in [-0.1, -0.05) is 0 Å². The number of carbonyl (C=O) groups is 1. The molecule has 4 heteroatoms. The Morgan fingerprint density at radius 1 is 1.36 bits per heavy atom. The molecule has 1 aliphatic heterocycles. The van der Waals surface area contributed by atoms with E-state index in [1.807, 2.05) is 27.7 Å². The van der Waals surface area contributed by atoms with Crippen LogP contribution in [0.3, 0.4) is 0 Å². The van der Waals surface area contributed by atoms with Crippen LogP contribution in [-0.4, -0.2) is 30.6 Å². The molecule has 1 heterocycles. The van der Waals surface area contributed by atoms with Crippen molar-refractivity contribution < 1.29 is 19.0 Å². The molecular formula is C10H18O4. The Hall–Kier alpha value is -0.610. The summed E-state index contributed by atoms with van der Waals surface area (Å²) in [5.41, 5.74) is -0.447. The van der Waals surface area contributed by atoms with Crippen molar-refractivity contribution in [3.05, 3.63) is 0 Å². The summed E-state index contributed by atoms with van der Waals surface area (Å²) >= 11 is 0. The van der Waals surface area contributed by atoms with Crippen LogP contribution < -0.4 is 0 Å². The van der Waals surface area contributed by atoms with Crippen LogP contribution in [0.25, 0.3) is 0 Å². The van der Waals surface area contributed by atoms with Gasteiger partial charge >= 0.3 is 5.97 Å². The number of ether oxygens (including phenoxy) is 3. The zero-order valence-electron chi connectivity index (χ0n) is 9.42. The molecule has 0 bridgehead atoms. The number of esters is 1. The second-order valence-electron chi connectivity index (χ2n) is 4.49. The van der Waals surface area contributed by atoms with Crippen LogP contribution in [0.5, 0.6) is 0 Å². The first-order valence-electron chi connectivity index (χ1n) is 4.72. The second kappa shape index (κ2) is 3.51. The predicted octanol–water partition coefficient (Wildman–Crippen LogP) is 1.48. The molecule has 1 rings (SSSR count).